The van der Waals surface area contributed by atoms with E-state index in [1.807, 2.05) is 18.2 Å². The van der Waals surface area contributed by atoms with Crippen LogP contribution in [0.15, 0.2) is 66.8 Å². The third-order valence-corrected chi connectivity index (χ3v) is 6.41. The molecule has 1 aliphatic carbocycles. The third-order valence-electron chi connectivity index (χ3n) is 6.09. The van der Waals surface area contributed by atoms with E-state index < -0.39 is 18.6 Å². The lowest BCUT2D eigenvalue weighted by Crippen LogP contribution is -2.14. The number of carbonyl (C=O) groups is 2. The van der Waals surface area contributed by atoms with Crippen LogP contribution >= 0.6 is 11.6 Å². The van der Waals surface area contributed by atoms with Crippen LogP contribution in [-0.4, -0.2) is 32.6 Å². The first-order valence-corrected chi connectivity index (χ1v) is 11.4. The molecule has 0 amide bonds. The standard InChI is InChI=1S/C27H18ClF3N2O3/c28-25-17(12-16-5-1-3-7-20(16)32-25)14-33-21-10-9-15(13-27(29,30)31)11-19(21)23(24(33)26(35)36)18-6-2-4-8-22(18)34/h1-7,9-12H,8,13-14H2,(H,35,36). The molecule has 1 aliphatic rings. The number of hydrogen-bond donors (Lipinski definition) is 1. The third kappa shape index (κ3) is 4.40. The number of carboxylic acid groups (broad SMARTS) is 1. The molecule has 0 unspecified atom stereocenters. The summed E-state index contributed by atoms with van der Waals surface area (Å²) in [7, 11) is 0. The number of carbonyl (C=O) groups excluding carboxylic acids is 1. The SMILES string of the molecule is O=C1CC=CC=C1c1c(C(=O)O)n(Cc2cc3ccccc3nc2Cl)c2ccc(CC(F)(F)F)cc12. The van der Waals surface area contributed by atoms with Crippen molar-refractivity contribution in [3.05, 3.63) is 94.3 Å². The number of nitrogens with zero attached hydrogens (tertiary/aromatic N) is 2. The highest BCUT2D eigenvalue weighted by Gasteiger charge is 2.31. The largest absolute Gasteiger partial charge is 0.477 e. The van der Waals surface area contributed by atoms with E-state index in [-0.39, 0.29) is 51.7 Å². The number of pyridine rings is 1. The number of aromatic carboxylic acids is 1. The van der Waals surface area contributed by atoms with Crippen LogP contribution in [0.4, 0.5) is 13.2 Å². The van der Waals surface area contributed by atoms with E-state index in [0.29, 0.717) is 16.6 Å². The Kier molecular flexibility index (Phi) is 5.92. The van der Waals surface area contributed by atoms with Crippen molar-refractivity contribution < 1.29 is 27.9 Å². The maximum atomic E-state index is 13.1. The van der Waals surface area contributed by atoms with Crippen LogP contribution in [0.3, 0.4) is 0 Å². The van der Waals surface area contributed by atoms with Crippen molar-refractivity contribution in [3.63, 3.8) is 0 Å². The Bertz CT molecular complexity index is 1620. The Balaban J connectivity index is 1.77. The second-order valence-electron chi connectivity index (χ2n) is 8.53. The lowest BCUT2D eigenvalue weighted by Gasteiger charge is -2.12. The molecule has 2 aromatic carbocycles. The molecule has 0 atom stereocenters. The van der Waals surface area contributed by atoms with Crippen molar-refractivity contribution in [2.75, 3.05) is 0 Å². The quantitative estimate of drug-likeness (QED) is 0.307. The Morgan fingerprint density at radius 2 is 1.92 bits per heavy atom. The zero-order valence-electron chi connectivity index (χ0n) is 18.6. The number of allylic oxidation sites excluding steroid dienone is 4. The van der Waals surface area contributed by atoms with Gasteiger partial charge in [0.15, 0.2) is 5.78 Å². The topological polar surface area (TPSA) is 72.2 Å². The molecule has 4 aromatic rings. The van der Waals surface area contributed by atoms with Gasteiger partial charge in [0.25, 0.3) is 0 Å². The van der Waals surface area contributed by atoms with Crippen LogP contribution in [0.2, 0.25) is 5.15 Å². The predicted octanol–water partition coefficient (Wildman–Crippen LogP) is 6.61. The molecule has 0 aliphatic heterocycles. The minimum absolute atomic E-state index is 0.00920. The molecular formula is C27H18ClF3N2O3. The fourth-order valence-electron chi connectivity index (χ4n) is 4.58. The molecule has 0 fully saturated rings. The molecule has 0 saturated heterocycles. The molecule has 9 heteroatoms. The smallest absolute Gasteiger partial charge is 0.393 e. The molecule has 1 N–H and O–H groups in total. The van der Waals surface area contributed by atoms with E-state index in [1.165, 1.54) is 28.8 Å². The molecule has 2 heterocycles. The van der Waals surface area contributed by atoms with E-state index in [4.69, 9.17) is 11.6 Å². The number of carboxylic acids is 1. The maximum Gasteiger partial charge on any atom is 0.393 e. The van der Waals surface area contributed by atoms with E-state index in [2.05, 4.69) is 4.98 Å². The van der Waals surface area contributed by atoms with E-state index in [1.54, 1.807) is 24.3 Å². The molecule has 0 saturated carbocycles. The van der Waals surface area contributed by atoms with E-state index in [0.717, 1.165) is 5.39 Å². The van der Waals surface area contributed by atoms with Crippen LogP contribution in [0.1, 0.15) is 33.6 Å². The fourth-order valence-corrected chi connectivity index (χ4v) is 4.79. The summed E-state index contributed by atoms with van der Waals surface area (Å²) >= 11 is 6.44. The number of Topliss-reactive ketones (excluding diaryl/α,β-unsaturated/α-hetero) is 1. The number of halogens is 4. The predicted molar refractivity (Wildman–Crippen MR) is 131 cm³/mol. The van der Waals surface area contributed by atoms with Crippen LogP contribution < -0.4 is 0 Å². The molecule has 5 nitrogen and oxygen atoms in total. The number of aromatic nitrogens is 2. The highest BCUT2D eigenvalue weighted by Crippen LogP contribution is 2.37. The van der Waals surface area contributed by atoms with Crippen LogP contribution in [0, 0.1) is 0 Å². The van der Waals surface area contributed by atoms with Crippen molar-refractivity contribution in [2.45, 2.75) is 25.6 Å². The molecule has 0 spiro atoms. The average Bonchev–Trinajstić information content (AvgIpc) is 3.12. The minimum Gasteiger partial charge on any atom is -0.477 e. The molecule has 2 aromatic heterocycles. The first-order chi connectivity index (χ1) is 17.1. The van der Waals surface area contributed by atoms with Crippen molar-refractivity contribution in [1.82, 2.24) is 9.55 Å². The fraction of sp³-hybridized carbons (Fsp3) is 0.148. The zero-order valence-corrected chi connectivity index (χ0v) is 19.4. The summed E-state index contributed by atoms with van der Waals surface area (Å²) in [5.74, 6) is -1.63. The second-order valence-corrected chi connectivity index (χ2v) is 8.88. The molecular weight excluding hydrogens is 493 g/mol. The van der Waals surface area contributed by atoms with Gasteiger partial charge in [0, 0.05) is 39.4 Å². The number of rotatable bonds is 5. The lowest BCUT2D eigenvalue weighted by molar-refractivity contribution is -0.127. The van der Waals surface area contributed by atoms with Gasteiger partial charge in [0.2, 0.25) is 0 Å². The van der Waals surface area contributed by atoms with Gasteiger partial charge in [0.05, 0.1) is 18.5 Å². The number of hydrogen-bond acceptors (Lipinski definition) is 3. The van der Waals surface area contributed by atoms with Crippen LogP contribution in [0.25, 0.3) is 27.4 Å². The normalized spacial score (nSPS) is 14.0. The molecule has 0 bridgehead atoms. The Morgan fingerprint density at radius 1 is 1.14 bits per heavy atom. The Hall–Kier alpha value is -3.91. The molecule has 182 valence electrons. The van der Waals surface area contributed by atoms with Gasteiger partial charge in [-0.05, 0) is 29.8 Å². The van der Waals surface area contributed by atoms with Gasteiger partial charge in [-0.15, -0.1) is 0 Å². The van der Waals surface area contributed by atoms with Gasteiger partial charge in [-0.25, -0.2) is 9.78 Å². The highest BCUT2D eigenvalue weighted by atomic mass is 35.5. The van der Waals surface area contributed by atoms with Crippen LogP contribution in [0.5, 0.6) is 0 Å². The van der Waals surface area contributed by atoms with Gasteiger partial charge >= 0.3 is 12.1 Å². The zero-order chi connectivity index (χ0) is 25.6. The van der Waals surface area contributed by atoms with E-state index >= 15 is 0 Å². The van der Waals surface area contributed by atoms with Gasteiger partial charge in [-0.3, -0.25) is 4.79 Å². The lowest BCUT2D eigenvalue weighted by atomic mass is 9.93. The first kappa shape index (κ1) is 23.8. The summed E-state index contributed by atoms with van der Waals surface area (Å²) in [6, 6.07) is 13.2. The van der Waals surface area contributed by atoms with Gasteiger partial charge in [-0.1, -0.05) is 54.1 Å². The second kappa shape index (κ2) is 8.95. The number of fused-ring (bicyclic) bond motifs is 2. The molecule has 5 rings (SSSR count). The van der Waals surface area contributed by atoms with Crippen molar-refractivity contribution >= 4 is 50.7 Å². The number of ketones is 1. The summed E-state index contributed by atoms with van der Waals surface area (Å²) in [6.07, 6.45) is -0.781. The monoisotopic (exact) mass is 510 g/mol. The summed E-state index contributed by atoms with van der Waals surface area (Å²) in [6.45, 7) is -0.00920. The Morgan fingerprint density at radius 3 is 2.64 bits per heavy atom. The summed E-state index contributed by atoms with van der Waals surface area (Å²) in [4.78, 5) is 29.7. The van der Waals surface area contributed by atoms with Gasteiger partial charge in [0.1, 0.15) is 10.8 Å². The summed E-state index contributed by atoms with van der Waals surface area (Å²) in [5, 5.41) is 11.5. The minimum atomic E-state index is -4.45. The van der Waals surface area contributed by atoms with Crippen molar-refractivity contribution in [1.29, 1.82) is 0 Å². The Labute approximate surface area is 208 Å². The summed E-state index contributed by atoms with van der Waals surface area (Å²) in [5.41, 5.74) is 1.59. The number of benzene rings is 2. The summed E-state index contributed by atoms with van der Waals surface area (Å²) < 4.78 is 40.9. The average molecular weight is 511 g/mol. The first-order valence-electron chi connectivity index (χ1n) is 11.0. The number of alkyl halides is 3. The number of para-hydroxylation sites is 1. The molecule has 0 radical (unpaired) electrons. The highest BCUT2D eigenvalue weighted by molar-refractivity contribution is 6.30. The van der Waals surface area contributed by atoms with E-state index in [9.17, 15) is 27.9 Å². The van der Waals surface area contributed by atoms with Crippen molar-refractivity contribution in [3.8, 4) is 0 Å². The van der Waals surface area contributed by atoms with Crippen LogP contribution in [-0.2, 0) is 17.8 Å². The van der Waals surface area contributed by atoms with Gasteiger partial charge in [-0.2, -0.15) is 13.2 Å². The van der Waals surface area contributed by atoms with Gasteiger partial charge < -0.3 is 9.67 Å². The molecule has 36 heavy (non-hydrogen) atoms. The maximum absolute atomic E-state index is 13.1. The van der Waals surface area contributed by atoms with Crippen molar-refractivity contribution in [2.24, 2.45) is 0 Å².